The van der Waals surface area contributed by atoms with Gasteiger partial charge < -0.3 is 15.0 Å². The zero-order valence-corrected chi connectivity index (χ0v) is 20.9. The van der Waals surface area contributed by atoms with Crippen LogP contribution in [0.4, 0.5) is 5.69 Å². The zero-order valence-electron chi connectivity index (χ0n) is 16.9. The Morgan fingerprint density at radius 2 is 1.47 bits per heavy atom. The predicted octanol–water partition coefficient (Wildman–Crippen LogP) is -4.86. The summed E-state index contributed by atoms with van der Waals surface area (Å²) in [6.45, 7) is 0. The number of nitrogens with zero attached hydrogens (tertiary/aromatic N) is 2. The van der Waals surface area contributed by atoms with E-state index in [0.717, 1.165) is 36.4 Å². The molecule has 0 N–H and O–H groups in total. The zero-order chi connectivity index (χ0) is 22.0. The number of nitro groups is 2. The smallest absolute Gasteiger partial charge is 0.872 e. The minimum absolute atomic E-state index is 0. The van der Waals surface area contributed by atoms with Gasteiger partial charge in [0.1, 0.15) is 0 Å². The standard InChI is InChI=1S/C20H12N2O8.2Na/c23-11-5-7-15(17(9-11)21(27)28)19(13-3-1-2-4-14(13)20(25)26)16-8-6-12(24)10-18(16)22(29)30;;/h1-10,23H,(H,25,26);;/q;2*+1/p-2/b19-16+;;. The number of carboxylic acid groups (broad SMARTS) is 1. The monoisotopic (exact) mass is 452 g/mol. The first kappa shape index (κ1) is 27.4. The topological polar surface area (TPSA) is 167 Å². The van der Waals surface area contributed by atoms with Crippen LogP contribution in [-0.4, -0.2) is 21.6 Å². The van der Waals surface area contributed by atoms with Gasteiger partial charge in [-0.15, -0.1) is 5.75 Å². The normalized spacial score (nSPS) is 13.9. The number of ketones is 1. The van der Waals surface area contributed by atoms with E-state index in [1.165, 1.54) is 24.3 Å². The molecule has 12 heteroatoms. The maximum absolute atomic E-state index is 11.7. The van der Waals surface area contributed by atoms with E-state index >= 15 is 0 Å². The van der Waals surface area contributed by atoms with Gasteiger partial charge in [-0.2, -0.15) is 0 Å². The molecule has 0 aliphatic heterocycles. The van der Waals surface area contributed by atoms with Gasteiger partial charge in [-0.25, -0.2) is 0 Å². The Morgan fingerprint density at radius 1 is 0.844 bits per heavy atom. The number of carbonyl (C=O) groups is 2. The molecule has 0 unspecified atom stereocenters. The molecule has 150 valence electrons. The van der Waals surface area contributed by atoms with Gasteiger partial charge in [0.05, 0.1) is 33.0 Å². The first-order valence-electron chi connectivity index (χ1n) is 8.30. The Morgan fingerprint density at radius 3 is 2.03 bits per heavy atom. The second-order valence-electron chi connectivity index (χ2n) is 6.08. The van der Waals surface area contributed by atoms with Gasteiger partial charge >= 0.3 is 59.1 Å². The average Bonchev–Trinajstić information content (AvgIpc) is 2.70. The summed E-state index contributed by atoms with van der Waals surface area (Å²) in [5, 5.41) is 46.5. The van der Waals surface area contributed by atoms with Crippen molar-refractivity contribution >= 4 is 23.0 Å². The fraction of sp³-hybridized carbons (Fsp3) is 0. The first-order chi connectivity index (χ1) is 14.2. The van der Waals surface area contributed by atoms with E-state index in [9.17, 15) is 40.0 Å². The molecule has 0 radical (unpaired) electrons. The number of aromatic carboxylic acids is 1. The van der Waals surface area contributed by atoms with Crippen LogP contribution in [0.15, 0.2) is 72.0 Å². The molecule has 32 heavy (non-hydrogen) atoms. The van der Waals surface area contributed by atoms with Gasteiger partial charge in [0.15, 0.2) is 5.78 Å². The molecule has 0 spiro atoms. The average molecular weight is 452 g/mol. The second kappa shape index (κ2) is 11.3. The summed E-state index contributed by atoms with van der Waals surface area (Å²) in [7, 11) is 0. The molecular weight excluding hydrogens is 442 g/mol. The van der Waals surface area contributed by atoms with Crippen LogP contribution in [0.25, 0.3) is 5.57 Å². The largest absolute Gasteiger partial charge is 1.00 e. The summed E-state index contributed by atoms with van der Waals surface area (Å²) >= 11 is 0. The van der Waals surface area contributed by atoms with E-state index < -0.39 is 38.7 Å². The molecule has 0 heterocycles. The number of benzene rings is 2. The van der Waals surface area contributed by atoms with Crippen molar-refractivity contribution in [3.05, 3.63) is 109 Å². The second-order valence-corrected chi connectivity index (χ2v) is 6.08. The fourth-order valence-corrected chi connectivity index (χ4v) is 3.06. The van der Waals surface area contributed by atoms with Gasteiger partial charge in [-0.3, -0.25) is 25.0 Å². The quantitative estimate of drug-likeness (QED) is 0.247. The van der Waals surface area contributed by atoms with Crippen molar-refractivity contribution in [3.63, 3.8) is 0 Å². The summed E-state index contributed by atoms with van der Waals surface area (Å²) in [5.41, 5.74) is -2.50. The van der Waals surface area contributed by atoms with Crippen molar-refractivity contribution in [3.8, 4) is 5.75 Å². The molecular formula is C20H10N2Na2O8. The van der Waals surface area contributed by atoms with E-state index in [0.29, 0.717) is 0 Å². The third-order valence-electron chi connectivity index (χ3n) is 4.29. The van der Waals surface area contributed by atoms with Gasteiger partial charge in [-0.1, -0.05) is 30.3 Å². The van der Waals surface area contributed by atoms with Crippen LogP contribution in [0.2, 0.25) is 0 Å². The van der Waals surface area contributed by atoms with Crippen molar-refractivity contribution in [2.75, 3.05) is 0 Å². The number of hydrogen-bond donors (Lipinski definition) is 0. The minimum Gasteiger partial charge on any atom is -0.872 e. The number of hydrogen-bond acceptors (Lipinski definition) is 8. The fourth-order valence-electron chi connectivity index (χ4n) is 3.06. The molecule has 0 aromatic heterocycles. The van der Waals surface area contributed by atoms with Crippen LogP contribution in [0, 0.1) is 20.2 Å². The number of carboxylic acids is 1. The summed E-state index contributed by atoms with van der Waals surface area (Å²) in [5.74, 6) is -2.97. The van der Waals surface area contributed by atoms with Crippen LogP contribution < -0.4 is 69.3 Å². The van der Waals surface area contributed by atoms with E-state index in [4.69, 9.17) is 0 Å². The van der Waals surface area contributed by atoms with Gasteiger partial charge in [-0.05, 0) is 23.8 Å². The molecule has 10 nitrogen and oxygen atoms in total. The molecule has 0 bridgehead atoms. The SMILES string of the molecule is O=C1C=C/C(=C(/c2ccccc2C(=O)[O-])c2ccc([O-])cc2[N+](=O)[O-])C([N+](=O)[O-])=C1.[Na+].[Na+]. The Bertz CT molecular complexity index is 1220. The first-order valence-corrected chi connectivity index (χ1v) is 8.30. The number of carbonyl (C=O) groups excluding carboxylic acids is 2. The maximum atomic E-state index is 11.7. The van der Waals surface area contributed by atoms with E-state index in [-0.39, 0.29) is 87.0 Å². The molecule has 0 fully saturated rings. The van der Waals surface area contributed by atoms with Gasteiger partial charge in [0, 0.05) is 17.2 Å². The Kier molecular flexibility index (Phi) is 9.70. The molecule has 1 aliphatic carbocycles. The predicted molar refractivity (Wildman–Crippen MR) is 98.6 cm³/mol. The molecule has 0 amide bonds. The summed E-state index contributed by atoms with van der Waals surface area (Å²) in [6.07, 6.45) is 2.82. The Balaban J connectivity index is 0.00000256. The van der Waals surface area contributed by atoms with E-state index in [2.05, 4.69) is 0 Å². The Hall–Kier alpha value is -2.60. The third-order valence-corrected chi connectivity index (χ3v) is 4.29. The summed E-state index contributed by atoms with van der Waals surface area (Å²) in [4.78, 5) is 44.7. The molecule has 0 saturated carbocycles. The molecule has 2 aromatic rings. The molecule has 0 atom stereocenters. The number of nitro benzene ring substituents is 1. The minimum atomic E-state index is -1.62. The van der Waals surface area contributed by atoms with Crippen molar-refractivity contribution in [1.29, 1.82) is 0 Å². The van der Waals surface area contributed by atoms with Crippen molar-refractivity contribution < 1.29 is 88.8 Å². The van der Waals surface area contributed by atoms with Crippen molar-refractivity contribution in [2.45, 2.75) is 0 Å². The summed E-state index contributed by atoms with van der Waals surface area (Å²) in [6, 6.07) is 8.11. The van der Waals surface area contributed by atoms with Crippen LogP contribution in [0.5, 0.6) is 5.75 Å². The van der Waals surface area contributed by atoms with Gasteiger partial charge in [0.2, 0.25) is 0 Å². The van der Waals surface area contributed by atoms with Crippen molar-refractivity contribution in [2.24, 2.45) is 0 Å². The molecule has 3 rings (SSSR count). The maximum Gasteiger partial charge on any atom is 1.00 e. The van der Waals surface area contributed by atoms with Crippen LogP contribution in [-0.2, 0) is 4.79 Å². The molecule has 2 aromatic carbocycles. The van der Waals surface area contributed by atoms with Crippen LogP contribution in [0.1, 0.15) is 21.5 Å². The Labute approximate surface area is 224 Å². The molecule has 0 saturated heterocycles. The van der Waals surface area contributed by atoms with Gasteiger partial charge in [0.25, 0.3) is 11.4 Å². The molecule has 1 aliphatic rings. The van der Waals surface area contributed by atoms with E-state index in [1.54, 1.807) is 0 Å². The third kappa shape index (κ3) is 5.60. The van der Waals surface area contributed by atoms with E-state index in [1.807, 2.05) is 0 Å². The summed E-state index contributed by atoms with van der Waals surface area (Å²) < 4.78 is 0. The van der Waals surface area contributed by atoms with Crippen LogP contribution >= 0.6 is 0 Å². The van der Waals surface area contributed by atoms with Crippen LogP contribution in [0.3, 0.4) is 0 Å². The number of rotatable bonds is 5. The number of allylic oxidation sites excluding steroid dienone is 3. The van der Waals surface area contributed by atoms with Crippen molar-refractivity contribution in [1.82, 2.24) is 0 Å².